The zero-order valence-corrected chi connectivity index (χ0v) is 16.8. The van der Waals surface area contributed by atoms with Gasteiger partial charge in [-0.25, -0.2) is 13.6 Å². The first-order valence-electron chi connectivity index (χ1n) is 8.55. The lowest BCUT2D eigenvalue weighted by atomic mass is 10.2. The largest absolute Gasteiger partial charge is 0.357 e. The minimum Gasteiger partial charge on any atom is -0.357 e. The van der Waals surface area contributed by atoms with Gasteiger partial charge in [0.1, 0.15) is 17.2 Å². The Morgan fingerprint density at radius 2 is 1.57 bits per heavy atom. The number of nitrogens with zero attached hydrogens (tertiary/aromatic N) is 1. The number of halogens is 3. The van der Waals surface area contributed by atoms with E-state index in [4.69, 9.17) is 4.84 Å². The van der Waals surface area contributed by atoms with E-state index < -0.39 is 29.1 Å². The molecule has 0 aliphatic rings. The Morgan fingerprint density at radius 3 is 2.20 bits per heavy atom. The summed E-state index contributed by atoms with van der Waals surface area (Å²) in [7, 11) is 0. The van der Waals surface area contributed by atoms with E-state index >= 15 is 0 Å². The van der Waals surface area contributed by atoms with E-state index in [0.29, 0.717) is 17.0 Å². The Bertz CT molecular complexity index is 1070. The lowest BCUT2D eigenvalue weighted by Gasteiger charge is -2.08. The average molecular weight is 474 g/mol. The molecule has 0 radical (unpaired) electrons. The summed E-state index contributed by atoms with van der Waals surface area (Å²) in [6.45, 7) is 0. The van der Waals surface area contributed by atoms with Crippen molar-refractivity contribution in [3.63, 3.8) is 0 Å². The first-order valence-corrected chi connectivity index (χ1v) is 9.34. The summed E-state index contributed by atoms with van der Waals surface area (Å²) in [4.78, 5) is 29.1. The molecule has 0 aliphatic heterocycles. The molecule has 0 fully saturated rings. The molecule has 3 rings (SSSR count). The maximum absolute atomic E-state index is 13.6. The van der Waals surface area contributed by atoms with E-state index in [0.717, 1.165) is 22.7 Å². The van der Waals surface area contributed by atoms with Crippen LogP contribution in [0.25, 0.3) is 0 Å². The maximum atomic E-state index is 13.6. The van der Waals surface area contributed by atoms with E-state index in [9.17, 15) is 18.4 Å². The molecule has 0 unspecified atom stereocenters. The minimum atomic E-state index is -1.18. The molecule has 30 heavy (non-hydrogen) atoms. The molecule has 152 valence electrons. The van der Waals surface area contributed by atoms with Crippen LogP contribution < -0.4 is 15.5 Å². The van der Waals surface area contributed by atoms with Crippen LogP contribution in [0, 0.1) is 11.6 Å². The molecule has 0 spiro atoms. The van der Waals surface area contributed by atoms with Gasteiger partial charge in [-0.3, -0.25) is 10.1 Å². The van der Waals surface area contributed by atoms with E-state index in [1.165, 1.54) is 6.21 Å². The van der Waals surface area contributed by atoms with Gasteiger partial charge in [0.15, 0.2) is 5.75 Å². The van der Waals surface area contributed by atoms with Crippen LogP contribution in [-0.2, 0) is 0 Å². The van der Waals surface area contributed by atoms with Gasteiger partial charge in [-0.05, 0) is 54.1 Å². The van der Waals surface area contributed by atoms with Crippen molar-refractivity contribution in [2.75, 3.05) is 5.32 Å². The molecule has 2 N–H and O–H groups in total. The average Bonchev–Trinajstić information content (AvgIpc) is 2.70. The van der Waals surface area contributed by atoms with E-state index in [1.54, 1.807) is 36.4 Å². The van der Waals surface area contributed by atoms with Crippen LogP contribution in [0.1, 0.15) is 15.9 Å². The number of urea groups is 1. The van der Waals surface area contributed by atoms with Gasteiger partial charge in [0.25, 0.3) is 5.91 Å². The molecule has 0 aliphatic carbocycles. The summed E-state index contributed by atoms with van der Waals surface area (Å²) in [5.74, 6) is -2.74. The number of benzene rings is 3. The molecule has 0 heterocycles. The lowest BCUT2D eigenvalue weighted by Crippen LogP contribution is -2.35. The van der Waals surface area contributed by atoms with Crippen molar-refractivity contribution in [1.82, 2.24) is 5.32 Å². The summed E-state index contributed by atoms with van der Waals surface area (Å²) in [5, 5.41) is 8.14. The van der Waals surface area contributed by atoms with Gasteiger partial charge < -0.3 is 10.2 Å². The van der Waals surface area contributed by atoms with Crippen LogP contribution in [0.5, 0.6) is 5.75 Å². The molecule has 3 aromatic rings. The molecule has 0 aromatic heterocycles. The Balaban J connectivity index is 1.54. The summed E-state index contributed by atoms with van der Waals surface area (Å²) < 4.78 is 28.1. The number of rotatable bonds is 5. The Kier molecular flexibility index (Phi) is 6.87. The van der Waals surface area contributed by atoms with E-state index in [2.05, 4.69) is 26.4 Å². The second-order valence-electron chi connectivity index (χ2n) is 5.91. The standard InChI is InChI=1S/C21H14BrF2N3O3/c22-14-6-10-16(11-7-14)30-25-12-13-4-8-15(9-5-13)26-21(29)27-20(28)19-17(23)2-1-3-18(19)24/h1-12H,(H2,26,27,28,29)/b25-12+. The molecule has 3 aromatic carbocycles. The Morgan fingerprint density at radius 1 is 0.933 bits per heavy atom. The number of hydrogen-bond donors (Lipinski definition) is 2. The molecule has 9 heteroatoms. The number of amides is 3. The van der Waals surface area contributed by atoms with Crippen LogP contribution in [0.2, 0.25) is 0 Å². The molecule has 6 nitrogen and oxygen atoms in total. The highest BCUT2D eigenvalue weighted by atomic mass is 79.9. The van der Waals surface area contributed by atoms with Crippen molar-refractivity contribution in [2.45, 2.75) is 0 Å². The smallest absolute Gasteiger partial charge is 0.326 e. The van der Waals surface area contributed by atoms with Gasteiger partial charge in [0, 0.05) is 10.2 Å². The Hall–Kier alpha value is -3.59. The first kappa shape index (κ1) is 21.1. The van der Waals surface area contributed by atoms with Gasteiger partial charge in [0.05, 0.1) is 6.21 Å². The second kappa shape index (κ2) is 9.75. The van der Waals surface area contributed by atoms with Gasteiger partial charge >= 0.3 is 6.03 Å². The molecular formula is C21H14BrF2N3O3. The van der Waals surface area contributed by atoms with Crippen LogP contribution in [0.15, 0.2) is 76.4 Å². The number of oxime groups is 1. The molecule has 3 amide bonds. The normalized spacial score (nSPS) is 10.6. The van der Waals surface area contributed by atoms with Crippen LogP contribution in [0.3, 0.4) is 0 Å². The third kappa shape index (κ3) is 5.71. The Labute approximate surface area is 178 Å². The fourth-order valence-corrected chi connectivity index (χ4v) is 2.60. The van der Waals surface area contributed by atoms with Gasteiger partial charge in [-0.15, -0.1) is 0 Å². The number of nitrogens with one attached hydrogen (secondary N) is 2. The predicted octanol–water partition coefficient (Wildman–Crippen LogP) is 5.10. The summed E-state index contributed by atoms with van der Waals surface area (Å²) in [5.41, 5.74) is 0.229. The lowest BCUT2D eigenvalue weighted by molar-refractivity contribution is 0.0959. The number of carbonyl (C=O) groups excluding carboxylic acids is 2. The number of hydrogen-bond acceptors (Lipinski definition) is 4. The van der Waals surface area contributed by atoms with Crippen molar-refractivity contribution < 1.29 is 23.2 Å². The summed E-state index contributed by atoms with van der Waals surface area (Å²) >= 11 is 3.32. The fourth-order valence-electron chi connectivity index (χ4n) is 2.34. The fraction of sp³-hybridized carbons (Fsp3) is 0. The van der Waals surface area contributed by atoms with Crippen molar-refractivity contribution in [1.29, 1.82) is 0 Å². The quantitative estimate of drug-likeness (QED) is 0.399. The molecule has 0 atom stereocenters. The molecule has 0 bridgehead atoms. The van der Waals surface area contributed by atoms with Crippen LogP contribution >= 0.6 is 15.9 Å². The van der Waals surface area contributed by atoms with Crippen molar-refractivity contribution in [3.8, 4) is 5.75 Å². The predicted molar refractivity (Wildman–Crippen MR) is 112 cm³/mol. The minimum absolute atomic E-state index is 0.361. The van der Waals surface area contributed by atoms with Crippen LogP contribution in [0.4, 0.5) is 19.3 Å². The van der Waals surface area contributed by atoms with Crippen LogP contribution in [-0.4, -0.2) is 18.2 Å². The molecular weight excluding hydrogens is 460 g/mol. The third-order valence-corrected chi connectivity index (χ3v) is 4.29. The molecule has 0 saturated heterocycles. The van der Waals surface area contributed by atoms with Crippen molar-refractivity contribution in [3.05, 3.63) is 94.0 Å². The SMILES string of the molecule is O=C(NC(=O)c1c(F)cccc1F)Nc1ccc(/C=N/Oc2ccc(Br)cc2)cc1. The van der Waals surface area contributed by atoms with Gasteiger partial charge in [-0.2, -0.15) is 0 Å². The van der Waals surface area contributed by atoms with E-state index in [-0.39, 0.29) is 0 Å². The highest BCUT2D eigenvalue weighted by Gasteiger charge is 2.19. The highest BCUT2D eigenvalue weighted by molar-refractivity contribution is 9.10. The zero-order chi connectivity index (χ0) is 21.5. The van der Waals surface area contributed by atoms with Crippen molar-refractivity contribution in [2.24, 2.45) is 5.16 Å². The summed E-state index contributed by atoms with van der Waals surface area (Å²) in [6, 6.07) is 15.6. The maximum Gasteiger partial charge on any atom is 0.326 e. The number of anilines is 1. The van der Waals surface area contributed by atoms with Gasteiger partial charge in [0.2, 0.25) is 0 Å². The molecule has 0 saturated carbocycles. The van der Waals surface area contributed by atoms with Crippen molar-refractivity contribution >= 4 is 39.8 Å². The first-order chi connectivity index (χ1) is 14.4. The van der Waals surface area contributed by atoms with E-state index in [1.807, 2.05) is 17.4 Å². The highest BCUT2D eigenvalue weighted by Crippen LogP contribution is 2.16. The number of imide groups is 1. The second-order valence-corrected chi connectivity index (χ2v) is 6.82. The summed E-state index contributed by atoms with van der Waals surface area (Å²) in [6.07, 6.45) is 1.48. The third-order valence-electron chi connectivity index (χ3n) is 3.76. The monoisotopic (exact) mass is 473 g/mol. The zero-order valence-electron chi connectivity index (χ0n) is 15.2. The number of carbonyl (C=O) groups is 2. The van der Waals surface area contributed by atoms with Gasteiger partial charge in [-0.1, -0.05) is 39.3 Å². The topological polar surface area (TPSA) is 79.8 Å².